The first-order chi connectivity index (χ1) is 4.34. The highest BCUT2D eigenvalue weighted by Crippen LogP contribution is 2.00. The summed E-state index contributed by atoms with van der Waals surface area (Å²) in [4.78, 5) is 0. The van der Waals surface area contributed by atoms with Gasteiger partial charge in [0.1, 0.15) is 0 Å². The molecule has 0 bridgehead atoms. The summed E-state index contributed by atoms with van der Waals surface area (Å²) in [7, 11) is 0.512. The molecule has 0 aliphatic rings. The third-order valence-electron chi connectivity index (χ3n) is 1.26. The molecule has 0 nitrogen and oxygen atoms in total. The summed E-state index contributed by atoms with van der Waals surface area (Å²) < 4.78 is 0. The van der Waals surface area contributed by atoms with Gasteiger partial charge >= 0.3 is 0 Å². The zero-order valence-electron chi connectivity index (χ0n) is 5.22. The zero-order valence-corrected chi connectivity index (χ0v) is 7.03. The average Bonchev–Trinajstić information content (AvgIpc) is 1.89. The molecular formula is C7H8PS+. The standard InChI is InChI=1S/C7H7PS/c1-6-4-2-3-5-7(6)8-9/h2-5H,1H3/p+1. The van der Waals surface area contributed by atoms with Crippen LogP contribution in [0, 0.1) is 6.92 Å². The van der Waals surface area contributed by atoms with Gasteiger partial charge in [-0.05, 0) is 18.6 Å². The van der Waals surface area contributed by atoms with Crippen LogP contribution in [-0.4, -0.2) is 0 Å². The van der Waals surface area contributed by atoms with Crippen LogP contribution in [0.2, 0.25) is 0 Å². The molecule has 0 spiro atoms. The van der Waals surface area contributed by atoms with Crippen molar-refractivity contribution in [2.45, 2.75) is 6.92 Å². The van der Waals surface area contributed by atoms with Crippen molar-refractivity contribution >= 4 is 24.5 Å². The van der Waals surface area contributed by atoms with E-state index >= 15 is 0 Å². The van der Waals surface area contributed by atoms with Crippen molar-refractivity contribution in [3.8, 4) is 0 Å². The van der Waals surface area contributed by atoms with Gasteiger partial charge < -0.3 is 0 Å². The van der Waals surface area contributed by atoms with Gasteiger partial charge in [0.15, 0.2) is 24.5 Å². The van der Waals surface area contributed by atoms with Crippen molar-refractivity contribution in [1.29, 1.82) is 0 Å². The van der Waals surface area contributed by atoms with Crippen molar-refractivity contribution in [3.05, 3.63) is 29.8 Å². The van der Waals surface area contributed by atoms with E-state index in [1.54, 1.807) is 0 Å². The number of benzene rings is 1. The fourth-order valence-corrected chi connectivity index (χ4v) is 1.78. The largest absolute Gasteiger partial charge is 0.198 e. The summed E-state index contributed by atoms with van der Waals surface area (Å²) in [5, 5.41) is 1.30. The molecule has 0 aliphatic carbocycles. The predicted octanol–water partition coefficient (Wildman–Crippen LogP) is 1.76. The molecule has 0 fully saturated rings. The predicted molar refractivity (Wildman–Crippen MR) is 46.5 cm³/mol. The lowest BCUT2D eigenvalue weighted by Crippen LogP contribution is -1.94. The maximum Gasteiger partial charge on any atom is 0.198 e. The van der Waals surface area contributed by atoms with E-state index in [2.05, 4.69) is 19.1 Å². The number of hydrogen-bond acceptors (Lipinski definition) is 1. The van der Waals surface area contributed by atoms with E-state index in [4.69, 9.17) is 11.8 Å². The fraction of sp³-hybridized carbons (Fsp3) is 0.143. The molecule has 0 saturated carbocycles. The highest BCUT2D eigenvalue weighted by atomic mass is 32.4. The minimum atomic E-state index is 0.512. The van der Waals surface area contributed by atoms with Crippen LogP contribution in [0.25, 0.3) is 0 Å². The van der Waals surface area contributed by atoms with Crippen LogP contribution in [0.1, 0.15) is 5.56 Å². The molecule has 1 aromatic carbocycles. The molecule has 0 amide bonds. The van der Waals surface area contributed by atoms with Gasteiger partial charge in [-0.25, -0.2) is 0 Å². The summed E-state index contributed by atoms with van der Waals surface area (Å²) in [6, 6.07) is 8.24. The molecule has 2 heteroatoms. The first-order valence-corrected chi connectivity index (χ1v) is 4.91. The van der Waals surface area contributed by atoms with E-state index in [0.717, 1.165) is 0 Å². The molecule has 1 unspecified atom stereocenters. The second kappa shape index (κ2) is 3.05. The van der Waals surface area contributed by atoms with E-state index in [1.807, 2.05) is 12.1 Å². The van der Waals surface area contributed by atoms with Gasteiger partial charge in [0.25, 0.3) is 0 Å². The molecule has 0 saturated heterocycles. The SMILES string of the molecule is Cc1ccccc1[PH+]=S. The second-order valence-electron chi connectivity index (χ2n) is 1.92. The molecule has 0 aliphatic heterocycles. The van der Waals surface area contributed by atoms with Crippen molar-refractivity contribution in [1.82, 2.24) is 0 Å². The van der Waals surface area contributed by atoms with Crippen LogP contribution >= 0.6 is 7.36 Å². The van der Waals surface area contributed by atoms with Gasteiger partial charge in [0, 0.05) is 0 Å². The second-order valence-corrected chi connectivity index (χ2v) is 3.27. The molecule has 1 atom stereocenters. The minimum Gasteiger partial charge on any atom is -0.0617 e. The number of aryl methyl sites for hydroxylation is 1. The first kappa shape index (κ1) is 6.85. The average molecular weight is 155 g/mol. The summed E-state index contributed by atoms with van der Waals surface area (Å²) in [5.41, 5.74) is 1.31. The number of hydrogen-bond donors (Lipinski definition) is 0. The van der Waals surface area contributed by atoms with Crippen molar-refractivity contribution in [3.63, 3.8) is 0 Å². The Balaban J connectivity index is 3.15. The molecule has 0 heterocycles. The van der Waals surface area contributed by atoms with Gasteiger partial charge in [-0.15, -0.1) is 0 Å². The molecule has 1 aromatic rings. The van der Waals surface area contributed by atoms with Crippen LogP contribution < -0.4 is 5.30 Å². The van der Waals surface area contributed by atoms with Crippen LogP contribution in [-0.2, 0) is 11.8 Å². The minimum absolute atomic E-state index is 0.512. The molecule has 0 N–H and O–H groups in total. The zero-order chi connectivity index (χ0) is 6.69. The Hall–Kier alpha value is -0.260. The first-order valence-electron chi connectivity index (χ1n) is 2.78. The summed E-state index contributed by atoms with van der Waals surface area (Å²) in [6.07, 6.45) is 0. The topological polar surface area (TPSA) is 0 Å². The highest BCUT2D eigenvalue weighted by molar-refractivity contribution is 7.99. The van der Waals surface area contributed by atoms with Gasteiger partial charge in [-0.1, -0.05) is 18.2 Å². The summed E-state index contributed by atoms with van der Waals surface area (Å²) in [5.74, 6) is 0. The maximum absolute atomic E-state index is 4.93. The van der Waals surface area contributed by atoms with Gasteiger partial charge in [0.2, 0.25) is 0 Å². The smallest absolute Gasteiger partial charge is 0.0617 e. The van der Waals surface area contributed by atoms with Crippen LogP contribution in [0.4, 0.5) is 0 Å². The quantitative estimate of drug-likeness (QED) is 0.557. The highest BCUT2D eigenvalue weighted by Gasteiger charge is 1.97. The Morgan fingerprint density at radius 3 is 2.44 bits per heavy atom. The van der Waals surface area contributed by atoms with Crippen molar-refractivity contribution < 1.29 is 0 Å². The van der Waals surface area contributed by atoms with E-state index in [1.165, 1.54) is 10.9 Å². The van der Waals surface area contributed by atoms with Gasteiger partial charge in [-0.2, -0.15) is 0 Å². The summed E-state index contributed by atoms with van der Waals surface area (Å²) >= 11 is 4.93. The fourth-order valence-electron chi connectivity index (χ4n) is 0.687. The normalized spacial score (nSPS) is 9.89. The Morgan fingerprint density at radius 1 is 1.33 bits per heavy atom. The number of rotatable bonds is 1. The lowest BCUT2D eigenvalue weighted by atomic mass is 10.2. The maximum atomic E-state index is 4.93. The third-order valence-corrected chi connectivity index (χ3v) is 2.70. The van der Waals surface area contributed by atoms with Crippen molar-refractivity contribution in [2.24, 2.45) is 0 Å². The van der Waals surface area contributed by atoms with Crippen LogP contribution in [0.5, 0.6) is 0 Å². The molecule has 0 aromatic heterocycles. The third kappa shape index (κ3) is 1.57. The van der Waals surface area contributed by atoms with Gasteiger partial charge in [-0.3, -0.25) is 0 Å². The van der Waals surface area contributed by atoms with E-state index < -0.39 is 0 Å². The Kier molecular flexibility index (Phi) is 2.32. The lowest BCUT2D eigenvalue weighted by Gasteiger charge is -1.86. The van der Waals surface area contributed by atoms with Gasteiger partial charge in [0.05, 0.1) is 0 Å². The van der Waals surface area contributed by atoms with E-state index in [9.17, 15) is 0 Å². The molecule has 1 rings (SSSR count). The monoisotopic (exact) mass is 155 g/mol. The Morgan fingerprint density at radius 2 is 2.00 bits per heavy atom. The summed E-state index contributed by atoms with van der Waals surface area (Å²) in [6.45, 7) is 2.09. The Bertz CT molecular complexity index is 220. The molecule has 0 radical (unpaired) electrons. The molecule has 9 heavy (non-hydrogen) atoms. The molecule has 46 valence electrons. The van der Waals surface area contributed by atoms with Crippen LogP contribution in [0.3, 0.4) is 0 Å². The molecular weight excluding hydrogens is 147 g/mol. The lowest BCUT2D eigenvalue weighted by molar-refractivity contribution is 1.52. The van der Waals surface area contributed by atoms with Crippen molar-refractivity contribution in [2.75, 3.05) is 0 Å². The van der Waals surface area contributed by atoms with E-state index in [0.29, 0.717) is 7.36 Å². The Labute approximate surface area is 61.7 Å². The van der Waals surface area contributed by atoms with Crippen LogP contribution in [0.15, 0.2) is 24.3 Å². The van der Waals surface area contributed by atoms with E-state index in [-0.39, 0.29) is 0 Å².